The lowest BCUT2D eigenvalue weighted by atomic mass is 10.1. The Morgan fingerprint density at radius 2 is 1.61 bits per heavy atom. The highest BCUT2D eigenvalue weighted by Crippen LogP contribution is 2.25. The number of halogens is 1. The molecule has 162 valence electrons. The predicted molar refractivity (Wildman–Crippen MR) is 134 cm³/mol. The van der Waals surface area contributed by atoms with Crippen molar-refractivity contribution in [2.75, 3.05) is 16.2 Å². The number of amides is 1. The lowest BCUT2D eigenvalue weighted by molar-refractivity contribution is -0.114. The van der Waals surface area contributed by atoms with Gasteiger partial charge in [-0.15, -0.1) is 0 Å². The second-order valence-corrected chi connectivity index (χ2v) is 10.5. The SMILES string of the molecule is CCc1ccc(N(CC(=O)Nc2ccc(I)cc2C)S(=O)(=O)c2ccc(C)cc2)cc1. The fourth-order valence-corrected chi connectivity index (χ4v) is 5.21. The molecule has 0 saturated heterocycles. The maximum Gasteiger partial charge on any atom is 0.264 e. The molecule has 3 aromatic carbocycles. The highest BCUT2D eigenvalue weighted by atomic mass is 127. The molecule has 7 heteroatoms. The van der Waals surface area contributed by atoms with Crippen molar-refractivity contribution in [2.45, 2.75) is 32.1 Å². The van der Waals surface area contributed by atoms with E-state index in [0.29, 0.717) is 11.4 Å². The number of nitrogens with zero attached hydrogens (tertiary/aromatic N) is 1. The number of carbonyl (C=O) groups is 1. The van der Waals surface area contributed by atoms with Crippen LogP contribution in [-0.2, 0) is 21.2 Å². The number of nitrogens with one attached hydrogen (secondary N) is 1. The molecular weight excluding hydrogens is 523 g/mol. The summed E-state index contributed by atoms with van der Waals surface area (Å²) in [5.74, 6) is -0.403. The van der Waals surface area contributed by atoms with Gasteiger partial charge in [-0.25, -0.2) is 8.42 Å². The van der Waals surface area contributed by atoms with Crippen LogP contribution in [0.15, 0.2) is 71.6 Å². The Labute approximate surface area is 197 Å². The zero-order chi connectivity index (χ0) is 22.6. The van der Waals surface area contributed by atoms with Crippen LogP contribution in [-0.4, -0.2) is 20.9 Å². The Bertz CT molecular complexity index is 1170. The number of rotatable bonds is 7. The minimum Gasteiger partial charge on any atom is -0.324 e. The summed E-state index contributed by atoms with van der Waals surface area (Å²) in [5, 5.41) is 2.84. The first-order valence-corrected chi connectivity index (χ1v) is 12.5. The van der Waals surface area contributed by atoms with E-state index >= 15 is 0 Å². The van der Waals surface area contributed by atoms with E-state index in [9.17, 15) is 13.2 Å². The van der Waals surface area contributed by atoms with Crippen LogP contribution in [0.1, 0.15) is 23.6 Å². The summed E-state index contributed by atoms with van der Waals surface area (Å²) >= 11 is 2.21. The van der Waals surface area contributed by atoms with Crippen LogP contribution >= 0.6 is 22.6 Å². The summed E-state index contributed by atoms with van der Waals surface area (Å²) in [4.78, 5) is 13.0. The van der Waals surface area contributed by atoms with Crippen LogP contribution in [0, 0.1) is 17.4 Å². The topological polar surface area (TPSA) is 66.5 Å². The molecule has 0 heterocycles. The molecule has 5 nitrogen and oxygen atoms in total. The standard InChI is InChI=1S/C24H25IN2O3S/c1-4-19-7-10-21(11-8-19)27(31(29,30)22-12-5-17(2)6-13-22)16-24(28)26-23-14-9-20(25)15-18(23)3/h5-15H,4,16H2,1-3H3,(H,26,28). The van der Waals surface area contributed by atoms with Crippen molar-refractivity contribution in [1.29, 1.82) is 0 Å². The quantitative estimate of drug-likeness (QED) is 0.408. The third-order valence-corrected chi connectivity index (χ3v) is 7.45. The predicted octanol–water partition coefficient (Wildman–Crippen LogP) is 5.30. The average Bonchev–Trinajstić information content (AvgIpc) is 2.74. The van der Waals surface area contributed by atoms with Gasteiger partial charge >= 0.3 is 0 Å². The van der Waals surface area contributed by atoms with Gasteiger partial charge in [-0.1, -0.05) is 36.8 Å². The number of anilines is 2. The molecule has 31 heavy (non-hydrogen) atoms. The average molecular weight is 548 g/mol. The van der Waals surface area contributed by atoms with Gasteiger partial charge in [0, 0.05) is 9.26 Å². The normalized spacial score (nSPS) is 11.2. The van der Waals surface area contributed by atoms with Gasteiger partial charge in [0.05, 0.1) is 10.6 Å². The lowest BCUT2D eigenvalue weighted by Crippen LogP contribution is -2.38. The van der Waals surface area contributed by atoms with Crippen LogP contribution in [0.3, 0.4) is 0 Å². The first kappa shape index (κ1) is 23.3. The van der Waals surface area contributed by atoms with E-state index in [2.05, 4.69) is 27.9 Å². The molecule has 0 radical (unpaired) electrons. The zero-order valence-corrected chi connectivity index (χ0v) is 20.7. The van der Waals surface area contributed by atoms with Crippen molar-refractivity contribution in [1.82, 2.24) is 0 Å². The lowest BCUT2D eigenvalue weighted by Gasteiger charge is -2.24. The fraction of sp³-hybridized carbons (Fsp3) is 0.208. The number of aryl methyl sites for hydroxylation is 3. The second kappa shape index (κ2) is 9.82. The van der Waals surface area contributed by atoms with E-state index in [0.717, 1.165) is 31.0 Å². The Hall–Kier alpha value is -2.39. The first-order valence-electron chi connectivity index (χ1n) is 9.95. The van der Waals surface area contributed by atoms with Crippen molar-refractivity contribution in [2.24, 2.45) is 0 Å². The van der Waals surface area contributed by atoms with Crippen LogP contribution in [0.25, 0.3) is 0 Å². The molecule has 1 N–H and O–H groups in total. The second-order valence-electron chi connectivity index (χ2n) is 7.35. The van der Waals surface area contributed by atoms with Crippen LogP contribution < -0.4 is 9.62 Å². The molecule has 3 rings (SSSR count). The molecular formula is C24H25IN2O3S. The summed E-state index contributed by atoms with van der Waals surface area (Å²) in [5.41, 5.74) is 4.09. The van der Waals surface area contributed by atoms with Crippen molar-refractivity contribution >= 4 is 49.9 Å². The van der Waals surface area contributed by atoms with E-state index in [4.69, 9.17) is 0 Å². The number of carbonyl (C=O) groups excluding carboxylic acids is 1. The molecule has 0 bridgehead atoms. The highest BCUT2D eigenvalue weighted by Gasteiger charge is 2.27. The number of benzene rings is 3. The van der Waals surface area contributed by atoms with Crippen molar-refractivity contribution in [3.8, 4) is 0 Å². The van der Waals surface area contributed by atoms with E-state index in [-0.39, 0.29) is 11.4 Å². The van der Waals surface area contributed by atoms with Crippen molar-refractivity contribution < 1.29 is 13.2 Å². The van der Waals surface area contributed by atoms with Gasteiger partial charge in [0.15, 0.2) is 0 Å². The summed E-state index contributed by atoms with van der Waals surface area (Å²) in [6.07, 6.45) is 0.845. The van der Waals surface area contributed by atoms with Crippen molar-refractivity contribution in [3.63, 3.8) is 0 Å². The largest absolute Gasteiger partial charge is 0.324 e. The Kier molecular flexibility index (Phi) is 7.38. The van der Waals surface area contributed by atoms with E-state index in [1.165, 1.54) is 0 Å². The number of hydrogen-bond donors (Lipinski definition) is 1. The van der Waals surface area contributed by atoms with Gasteiger partial charge in [-0.05, 0) is 96.5 Å². The Balaban J connectivity index is 1.94. The van der Waals surface area contributed by atoms with Gasteiger partial charge in [0.1, 0.15) is 6.54 Å². The summed E-state index contributed by atoms with van der Waals surface area (Å²) < 4.78 is 29.1. The van der Waals surface area contributed by atoms with Crippen LogP contribution in [0.2, 0.25) is 0 Å². The molecule has 0 aliphatic heterocycles. The minimum atomic E-state index is -3.92. The summed E-state index contributed by atoms with van der Waals surface area (Å²) in [6.45, 7) is 5.51. The van der Waals surface area contributed by atoms with Gasteiger partial charge in [0.2, 0.25) is 5.91 Å². The molecule has 0 spiro atoms. The Morgan fingerprint density at radius 1 is 0.968 bits per heavy atom. The molecule has 0 atom stereocenters. The minimum absolute atomic E-state index is 0.149. The zero-order valence-electron chi connectivity index (χ0n) is 17.7. The Morgan fingerprint density at radius 3 is 2.19 bits per heavy atom. The molecule has 0 aliphatic rings. The smallest absolute Gasteiger partial charge is 0.264 e. The van der Waals surface area contributed by atoms with E-state index < -0.39 is 15.9 Å². The monoisotopic (exact) mass is 548 g/mol. The first-order chi connectivity index (χ1) is 14.7. The molecule has 0 saturated carbocycles. The van der Waals surface area contributed by atoms with Gasteiger partial charge in [-0.2, -0.15) is 0 Å². The highest BCUT2D eigenvalue weighted by molar-refractivity contribution is 14.1. The molecule has 1 amide bonds. The van der Waals surface area contributed by atoms with E-state index in [1.807, 2.05) is 51.1 Å². The van der Waals surface area contributed by atoms with E-state index in [1.54, 1.807) is 36.4 Å². The molecule has 0 aromatic heterocycles. The maximum absolute atomic E-state index is 13.4. The van der Waals surface area contributed by atoms with Crippen LogP contribution in [0.5, 0.6) is 0 Å². The molecule has 3 aromatic rings. The molecule has 0 aliphatic carbocycles. The summed E-state index contributed by atoms with van der Waals surface area (Å²) in [6, 6.07) is 19.6. The van der Waals surface area contributed by atoms with Crippen molar-refractivity contribution in [3.05, 3.63) is 87.0 Å². The van der Waals surface area contributed by atoms with Gasteiger partial charge in [-0.3, -0.25) is 9.10 Å². The third kappa shape index (κ3) is 5.65. The number of sulfonamides is 1. The maximum atomic E-state index is 13.4. The number of hydrogen-bond acceptors (Lipinski definition) is 3. The fourth-order valence-electron chi connectivity index (χ4n) is 3.14. The summed E-state index contributed by atoms with van der Waals surface area (Å²) in [7, 11) is -3.92. The van der Waals surface area contributed by atoms with Crippen LogP contribution in [0.4, 0.5) is 11.4 Å². The third-order valence-electron chi connectivity index (χ3n) is 4.99. The van der Waals surface area contributed by atoms with Gasteiger partial charge in [0.25, 0.3) is 10.0 Å². The molecule has 0 fully saturated rings. The van der Waals surface area contributed by atoms with Gasteiger partial charge < -0.3 is 5.32 Å². The molecule has 0 unspecified atom stereocenters.